The smallest absolute Gasteiger partial charge is 0.409 e. The molecule has 0 aliphatic carbocycles. The predicted octanol–water partition coefficient (Wildman–Crippen LogP) is 1.29. The van der Waals surface area contributed by atoms with Gasteiger partial charge in [0.1, 0.15) is 0 Å². The molecule has 94 valence electrons. The summed E-state index contributed by atoms with van der Waals surface area (Å²) in [6.45, 7) is 0.372. The van der Waals surface area contributed by atoms with Crippen LogP contribution in [0.5, 0.6) is 0 Å². The Kier molecular flexibility index (Phi) is 4.11. The van der Waals surface area contributed by atoms with Gasteiger partial charge in [-0.1, -0.05) is 12.1 Å². The van der Waals surface area contributed by atoms with Crippen LogP contribution in [0.15, 0.2) is 29.2 Å². The van der Waals surface area contributed by atoms with E-state index in [1.807, 2.05) is 0 Å². The second kappa shape index (κ2) is 5.18. The Balaban J connectivity index is 2.79. The second-order valence-electron chi connectivity index (χ2n) is 3.74. The van der Waals surface area contributed by atoms with Crippen molar-refractivity contribution in [1.82, 2.24) is 4.90 Å². The third-order valence-electron chi connectivity index (χ3n) is 2.26. The minimum atomic E-state index is -3.17. The van der Waals surface area contributed by atoms with Crippen LogP contribution >= 0.6 is 0 Å². The molecule has 0 N–H and O–H groups in total. The van der Waals surface area contributed by atoms with Gasteiger partial charge in [-0.05, 0) is 17.7 Å². The van der Waals surface area contributed by atoms with E-state index in [4.69, 9.17) is 0 Å². The summed E-state index contributed by atoms with van der Waals surface area (Å²) in [7, 11) is -0.256. The number of amides is 1. The maximum atomic E-state index is 11.2. The lowest BCUT2D eigenvalue weighted by atomic mass is 10.2. The average Bonchev–Trinajstić information content (AvgIpc) is 2.27. The van der Waals surface area contributed by atoms with Crippen molar-refractivity contribution in [3.8, 4) is 0 Å². The highest BCUT2D eigenvalue weighted by molar-refractivity contribution is 7.90. The molecule has 17 heavy (non-hydrogen) atoms. The Hall–Kier alpha value is -1.56. The minimum Gasteiger partial charge on any atom is -0.453 e. The van der Waals surface area contributed by atoms with Crippen molar-refractivity contribution in [3.63, 3.8) is 0 Å². The van der Waals surface area contributed by atoms with Crippen LogP contribution in [-0.4, -0.2) is 39.8 Å². The molecule has 0 spiro atoms. The molecule has 0 atom stereocenters. The Labute approximate surface area is 101 Å². The summed E-state index contributed by atoms with van der Waals surface area (Å²) in [6.07, 6.45) is 0.722. The topological polar surface area (TPSA) is 63.7 Å². The van der Waals surface area contributed by atoms with Crippen LogP contribution < -0.4 is 0 Å². The highest BCUT2D eigenvalue weighted by atomic mass is 32.2. The van der Waals surface area contributed by atoms with Crippen molar-refractivity contribution in [2.45, 2.75) is 11.4 Å². The number of carbonyl (C=O) groups excluding carboxylic acids is 1. The van der Waals surface area contributed by atoms with E-state index in [1.165, 1.54) is 24.1 Å². The summed E-state index contributed by atoms with van der Waals surface area (Å²) in [6, 6.07) is 6.40. The maximum Gasteiger partial charge on any atom is 0.409 e. The van der Waals surface area contributed by atoms with Gasteiger partial charge in [0.15, 0.2) is 9.84 Å². The first-order chi connectivity index (χ1) is 7.84. The van der Waals surface area contributed by atoms with Crippen LogP contribution in [0.4, 0.5) is 4.79 Å². The molecule has 0 aromatic heterocycles. The van der Waals surface area contributed by atoms with Gasteiger partial charge in [0.2, 0.25) is 0 Å². The average molecular weight is 257 g/mol. The highest BCUT2D eigenvalue weighted by Gasteiger charge is 2.10. The van der Waals surface area contributed by atoms with Crippen molar-refractivity contribution in [1.29, 1.82) is 0 Å². The van der Waals surface area contributed by atoms with E-state index in [9.17, 15) is 13.2 Å². The third kappa shape index (κ3) is 3.74. The largest absolute Gasteiger partial charge is 0.453 e. The summed E-state index contributed by atoms with van der Waals surface area (Å²) in [4.78, 5) is 12.8. The summed E-state index contributed by atoms with van der Waals surface area (Å²) < 4.78 is 27.0. The van der Waals surface area contributed by atoms with E-state index in [-0.39, 0.29) is 4.90 Å². The second-order valence-corrected chi connectivity index (χ2v) is 5.76. The maximum absolute atomic E-state index is 11.2. The fourth-order valence-corrected chi connectivity index (χ4v) is 1.97. The van der Waals surface area contributed by atoms with E-state index in [0.29, 0.717) is 6.54 Å². The van der Waals surface area contributed by atoms with E-state index >= 15 is 0 Å². The Morgan fingerprint density at radius 3 is 2.24 bits per heavy atom. The number of hydrogen-bond acceptors (Lipinski definition) is 4. The van der Waals surface area contributed by atoms with Gasteiger partial charge in [0, 0.05) is 19.8 Å². The fraction of sp³-hybridized carbons (Fsp3) is 0.364. The SMILES string of the molecule is COC(=O)N(C)Cc1ccc(S(C)(=O)=O)cc1. The zero-order valence-corrected chi connectivity index (χ0v) is 10.8. The summed E-state index contributed by atoms with van der Waals surface area (Å²) >= 11 is 0. The van der Waals surface area contributed by atoms with E-state index in [0.717, 1.165) is 11.8 Å². The number of rotatable bonds is 3. The van der Waals surface area contributed by atoms with Crippen LogP contribution in [0.25, 0.3) is 0 Å². The van der Waals surface area contributed by atoms with Crippen molar-refractivity contribution in [2.24, 2.45) is 0 Å². The molecule has 0 aliphatic heterocycles. The van der Waals surface area contributed by atoms with Crippen LogP contribution in [0, 0.1) is 0 Å². The standard InChI is InChI=1S/C11H15NO4S/c1-12(11(13)16-2)8-9-4-6-10(7-5-9)17(3,14)15/h4-7H,8H2,1-3H3. The Bertz CT molecular complexity index is 493. The molecule has 0 saturated heterocycles. The first kappa shape index (κ1) is 13.5. The first-order valence-corrected chi connectivity index (χ1v) is 6.82. The molecule has 0 aliphatic rings. The van der Waals surface area contributed by atoms with Crippen LogP contribution in [-0.2, 0) is 21.1 Å². The van der Waals surface area contributed by atoms with Gasteiger partial charge in [0.05, 0.1) is 12.0 Å². The molecule has 1 amide bonds. The van der Waals surface area contributed by atoms with Crippen molar-refractivity contribution < 1.29 is 17.9 Å². The molecule has 5 nitrogen and oxygen atoms in total. The molecule has 0 saturated carbocycles. The lowest BCUT2D eigenvalue weighted by Gasteiger charge is -2.15. The molecule has 0 fully saturated rings. The molecule has 6 heteroatoms. The highest BCUT2D eigenvalue weighted by Crippen LogP contribution is 2.11. The fourth-order valence-electron chi connectivity index (χ4n) is 1.34. The quantitative estimate of drug-likeness (QED) is 0.818. The van der Waals surface area contributed by atoms with E-state index < -0.39 is 15.9 Å². The molecule has 0 radical (unpaired) electrons. The zero-order chi connectivity index (χ0) is 13.1. The molecular weight excluding hydrogens is 242 g/mol. The molecule has 1 rings (SSSR count). The lowest BCUT2D eigenvalue weighted by molar-refractivity contribution is 0.131. The number of hydrogen-bond donors (Lipinski definition) is 0. The van der Waals surface area contributed by atoms with E-state index in [1.54, 1.807) is 19.2 Å². The number of sulfone groups is 1. The first-order valence-electron chi connectivity index (χ1n) is 4.92. The van der Waals surface area contributed by atoms with Crippen LogP contribution in [0.1, 0.15) is 5.56 Å². The molecule has 0 heterocycles. The normalized spacial score (nSPS) is 11.0. The number of benzene rings is 1. The van der Waals surface area contributed by atoms with Crippen molar-refractivity contribution in [3.05, 3.63) is 29.8 Å². The van der Waals surface area contributed by atoms with Gasteiger partial charge < -0.3 is 9.64 Å². The van der Waals surface area contributed by atoms with Crippen LogP contribution in [0.3, 0.4) is 0 Å². The van der Waals surface area contributed by atoms with Gasteiger partial charge in [-0.15, -0.1) is 0 Å². The monoisotopic (exact) mass is 257 g/mol. The number of ether oxygens (including phenoxy) is 1. The Morgan fingerprint density at radius 2 is 1.82 bits per heavy atom. The van der Waals surface area contributed by atoms with Gasteiger partial charge >= 0.3 is 6.09 Å². The predicted molar refractivity (Wildman–Crippen MR) is 63.4 cm³/mol. The summed E-state index contributed by atoms with van der Waals surface area (Å²) in [5.41, 5.74) is 0.838. The zero-order valence-electron chi connectivity index (χ0n) is 10.0. The van der Waals surface area contributed by atoms with Crippen molar-refractivity contribution >= 4 is 15.9 Å². The number of methoxy groups -OCH3 is 1. The summed E-state index contributed by atoms with van der Waals surface area (Å²) in [5.74, 6) is 0. The summed E-state index contributed by atoms with van der Waals surface area (Å²) in [5, 5.41) is 0. The van der Waals surface area contributed by atoms with Gasteiger partial charge in [-0.25, -0.2) is 13.2 Å². The van der Waals surface area contributed by atoms with Crippen LogP contribution in [0.2, 0.25) is 0 Å². The van der Waals surface area contributed by atoms with Crippen molar-refractivity contribution in [2.75, 3.05) is 20.4 Å². The third-order valence-corrected chi connectivity index (χ3v) is 3.39. The number of carbonyl (C=O) groups is 1. The van der Waals surface area contributed by atoms with E-state index in [2.05, 4.69) is 4.74 Å². The molecule has 0 bridgehead atoms. The molecular formula is C11H15NO4S. The molecule has 1 aromatic carbocycles. The molecule has 1 aromatic rings. The molecule has 0 unspecified atom stereocenters. The minimum absolute atomic E-state index is 0.266. The number of nitrogens with zero attached hydrogens (tertiary/aromatic N) is 1. The van der Waals surface area contributed by atoms with Gasteiger partial charge in [-0.2, -0.15) is 0 Å². The Morgan fingerprint density at radius 1 is 1.29 bits per heavy atom. The van der Waals surface area contributed by atoms with Gasteiger partial charge in [-0.3, -0.25) is 0 Å². The lowest BCUT2D eigenvalue weighted by Crippen LogP contribution is -2.25. The van der Waals surface area contributed by atoms with Gasteiger partial charge in [0.25, 0.3) is 0 Å².